The maximum Gasteiger partial charge on any atom is 0.252 e. The fourth-order valence-corrected chi connectivity index (χ4v) is 1.15. The lowest BCUT2D eigenvalue weighted by Gasteiger charge is -2.02. The molecule has 0 saturated heterocycles. The minimum Gasteiger partial charge on any atom is -0.382 e. The highest BCUT2D eigenvalue weighted by atomic mass is 32.1. The van der Waals surface area contributed by atoms with Gasteiger partial charge in [0, 0.05) is 7.11 Å². The fourth-order valence-electron chi connectivity index (χ4n) is 0.690. The number of nitrogens with zero attached hydrogens (tertiary/aromatic N) is 2. The van der Waals surface area contributed by atoms with Crippen molar-refractivity contribution in [3.05, 3.63) is 5.51 Å². The van der Waals surface area contributed by atoms with Gasteiger partial charge in [-0.3, -0.25) is 10.1 Å². The summed E-state index contributed by atoms with van der Waals surface area (Å²) in [5.74, 6) is -0.238. The number of aromatic nitrogens is 2. The molecule has 0 aromatic carbocycles. The Kier molecular flexibility index (Phi) is 5.05. The van der Waals surface area contributed by atoms with E-state index in [1.807, 2.05) is 0 Å². The van der Waals surface area contributed by atoms with Crippen LogP contribution in [0, 0.1) is 0 Å². The van der Waals surface area contributed by atoms with Crippen molar-refractivity contribution in [2.24, 2.45) is 0 Å². The lowest BCUT2D eigenvalue weighted by Crippen LogP contribution is -2.19. The molecule has 1 rings (SSSR count). The number of rotatable bonds is 6. The molecule has 1 aromatic rings. The molecule has 6 nitrogen and oxygen atoms in total. The average Bonchev–Trinajstić information content (AvgIpc) is 2.65. The predicted molar refractivity (Wildman–Crippen MR) is 51.2 cm³/mol. The normalized spacial score (nSPS) is 10.1. The largest absolute Gasteiger partial charge is 0.382 e. The van der Waals surface area contributed by atoms with E-state index in [1.165, 1.54) is 11.3 Å². The number of carbonyl (C=O) groups excluding carboxylic acids is 1. The number of carbonyl (C=O) groups is 1. The summed E-state index contributed by atoms with van der Waals surface area (Å²) < 4.78 is 9.76. The van der Waals surface area contributed by atoms with E-state index in [-0.39, 0.29) is 12.5 Å². The van der Waals surface area contributed by atoms with Crippen molar-refractivity contribution in [3.8, 4) is 0 Å². The fraction of sp³-hybridized carbons (Fsp3) is 0.571. The van der Waals surface area contributed by atoms with Gasteiger partial charge in [0.25, 0.3) is 5.91 Å². The Morgan fingerprint density at radius 1 is 1.64 bits per heavy atom. The van der Waals surface area contributed by atoms with Gasteiger partial charge in [0.15, 0.2) is 0 Å². The first-order valence-electron chi connectivity index (χ1n) is 3.95. The highest BCUT2D eigenvalue weighted by molar-refractivity contribution is 7.13. The van der Waals surface area contributed by atoms with E-state index >= 15 is 0 Å². The van der Waals surface area contributed by atoms with E-state index < -0.39 is 0 Å². The van der Waals surface area contributed by atoms with E-state index in [0.717, 1.165) is 0 Å². The zero-order chi connectivity index (χ0) is 10.2. The zero-order valence-electron chi connectivity index (χ0n) is 7.73. The first kappa shape index (κ1) is 11.0. The zero-order valence-corrected chi connectivity index (χ0v) is 8.54. The third-order valence-electron chi connectivity index (χ3n) is 1.27. The molecule has 0 fully saturated rings. The van der Waals surface area contributed by atoms with Crippen LogP contribution in [-0.4, -0.2) is 43.0 Å². The SMILES string of the molecule is COCCOCC(=O)Nc1nncs1. The Labute approximate surface area is 85.2 Å². The summed E-state index contributed by atoms with van der Waals surface area (Å²) in [4.78, 5) is 11.1. The second kappa shape index (κ2) is 6.41. The number of ether oxygens (including phenoxy) is 2. The van der Waals surface area contributed by atoms with Crippen LogP contribution in [0.25, 0.3) is 0 Å². The molecule has 0 bridgehead atoms. The number of hydrogen-bond acceptors (Lipinski definition) is 6. The smallest absolute Gasteiger partial charge is 0.252 e. The van der Waals surface area contributed by atoms with Gasteiger partial charge in [0.2, 0.25) is 5.13 Å². The molecule has 7 heteroatoms. The maximum absolute atomic E-state index is 11.1. The molecular weight excluding hydrogens is 206 g/mol. The van der Waals surface area contributed by atoms with Crippen LogP contribution in [-0.2, 0) is 14.3 Å². The summed E-state index contributed by atoms with van der Waals surface area (Å²) in [5, 5.41) is 10.3. The second-order valence-corrected chi connectivity index (χ2v) is 3.17. The third-order valence-corrected chi connectivity index (χ3v) is 1.88. The summed E-state index contributed by atoms with van der Waals surface area (Å²) in [6.45, 7) is 0.884. The van der Waals surface area contributed by atoms with Crippen LogP contribution in [0.15, 0.2) is 5.51 Å². The summed E-state index contributed by atoms with van der Waals surface area (Å²) in [5.41, 5.74) is 1.54. The van der Waals surface area contributed by atoms with Crippen LogP contribution in [0.3, 0.4) is 0 Å². The van der Waals surface area contributed by atoms with Crippen molar-refractivity contribution in [3.63, 3.8) is 0 Å². The van der Waals surface area contributed by atoms with E-state index in [0.29, 0.717) is 18.3 Å². The van der Waals surface area contributed by atoms with E-state index in [2.05, 4.69) is 15.5 Å². The van der Waals surface area contributed by atoms with Gasteiger partial charge in [0.05, 0.1) is 13.2 Å². The lowest BCUT2D eigenvalue weighted by atomic mass is 10.6. The predicted octanol–water partition coefficient (Wildman–Crippen LogP) is 0.140. The molecule has 0 spiro atoms. The molecule has 0 unspecified atom stereocenters. The maximum atomic E-state index is 11.1. The van der Waals surface area contributed by atoms with Gasteiger partial charge in [-0.15, -0.1) is 10.2 Å². The van der Waals surface area contributed by atoms with Gasteiger partial charge in [-0.05, 0) is 0 Å². The minimum absolute atomic E-state index is 0.00292. The molecule has 1 N–H and O–H groups in total. The molecule has 0 aliphatic heterocycles. The molecule has 78 valence electrons. The summed E-state index contributed by atoms with van der Waals surface area (Å²) >= 11 is 1.26. The van der Waals surface area contributed by atoms with Gasteiger partial charge in [-0.25, -0.2) is 0 Å². The minimum atomic E-state index is -0.238. The van der Waals surface area contributed by atoms with Gasteiger partial charge in [-0.2, -0.15) is 0 Å². The first-order chi connectivity index (χ1) is 6.83. The molecule has 0 radical (unpaired) electrons. The van der Waals surface area contributed by atoms with Crippen molar-refractivity contribution in [1.82, 2.24) is 10.2 Å². The summed E-state index contributed by atoms with van der Waals surface area (Å²) in [6.07, 6.45) is 0. The van der Waals surface area contributed by atoms with Gasteiger partial charge in [0.1, 0.15) is 12.1 Å². The van der Waals surface area contributed by atoms with Gasteiger partial charge >= 0.3 is 0 Å². The molecule has 0 aliphatic rings. The number of anilines is 1. The van der Waals surface area contributed by atoms with Crippen LogP contribution < -0.4 is 5.32 Å². The highest BCUT2D eigenvalue weighted by Crippen LogP contribution is 2.06. The van der Waals surface area contributed by atoms with Crippen LogP contribution in [0.2, 0.25) is 0 Å². The Morgan fingerprint density at radius 3 is 3.14 bits per heavy atom. The Balaban J connectivity index is 2.11. The topological polar surface area (TPSA) is 73.3 Å². The monoisotopic (exact) mass is 217 g/mol. The number of methoxy groups -OCH3 is 1. The molecule has 1 amide bonds. The highest BCUT2D eigenvalue weighted by Gasteiger charge is 2.03. The third kappa shape index (κ3) is 4.26. The average molecular weight is 217 g/mol. The van der Waals surface area contributed by atoms with Crippen LogP contribution in [0.1, 0.15) is 0 Å². The van der Waals surface area contributed by atoms with Crippen molar-refractivity contribution in [2.45, 2.75) is 0 Å². The molecule has 1 heterocycles. The lowest BCUT2D eigenvalue weighted by molar-refractivity contribution is -0.121. The molecule has 1 aromatic heterocycles. The summed E-state index contributed by atoms with van der Waals surface area (Å²) in [6, 6.07) is 0. The summed E-state index contributed by atoms with van der Waals surface area (Å²) in [7, 11) is 1.57. The van der Waals surface area contributed by atoms with E-state index in [4.69, 9.17) is 9.47 Å². The molecule has 14 heavy (non-hydrogen) atoms. The van der Waals surface area contributed by atoms with Crippen molar-refractivity contribution < 1.29 is 14.3 Å². The molecule has 0 aliphatic carbocycles. The molecule has 0 atom stereocenters. The Morgan fingerprint density at radius 2 is 2.50 bits per heavy atom. The van der Waals surface area contributed by atoms with Crippen molar-refractivity contribution in [1.29, 1.82) is 0 Å². The second-order valence-electron chi connectivity index (χ2n) is 2.34. The number of hydrogen-bond donors (Lipinski definition) is 1. The Hall–Kier alpha value is -1.05. The number of amides is 1. The van der Waals surface area contributed by atoms with Crippen LogP contribution >= 0.6 is 11.3 Å². The first-order valence-corrected chi connectivity index (χ1v) is 4.83. The van der Waals surface area contributed by atoms with Gasteiger partial charge in [-0.1, -0.05) is 11.3 Å². The van der Waals surface area contributed by atoms with Crippen molar-refractivity contribution in [2.75, 3.05) is 32.2 Å². The number of nitrogens with one attached hydrogen (secondary N) is 1. The Bertz CT molecular complexity index is 265. The molecular formula is C7H11N3O3S. The van der Waals surface area contributed by atoms with Crippen LogP contribution in [0.4, 0.5) is 5.13 Å². The van der Waals surface area contributed by atoms with Crippen LogP contribution in [0.5, 0.6) is 0 Å². The molecule has 0 saturated carbocycles. The van der Waals surface area contributed by atoms with E-state index in [9.17, 15) is 4.79 Å². The van der Waals surface area contributed by atoms with Gasteiger partial charge < -0.3 is 9.47 Å². The quantitative estimate of drug-likeness (QED) is 0.686. The standard InChI is InChI=1S/C7H11N3O3S/c1-12-2-3-13-4-6(11)9-7-10-8-5-14-7/h5H,2-4H2,1H3,(H,9,10,11). The van der Waals surface area contributed by atoms with E-state index in [1.54, 1.807) is 12.6 Å². The van der Waals surface area contributed by atoms with Crippen molar-refractivity contribution >= 4 is 22.4 Å².